The molecule has 2 heterocycles. The molecule has 3 aromatic carbocycles. The van der Waals surface area contributed by atoms with E-state index in [0.29, 0.717) is 6.54 Å². The van der Waals surface area contributed by atoms with Gasteiger partial charge in [-0.25, -0.2) is 0 Å². The number of rotatable bonds is 7. The largest absolute Gasteiger partial charge is 0.392 e. The molecule has 2 aliphatic heterocycles. The zero-order chi connectivity index (χ0) is 24.0. The highest BCUT2D eigenvalue weighted by Crippen LogP contribution is 2.38. The van der Waals surface area contributed by atoms with Crippen LogP contribution in [-0.2, 0) is 22.6 Å². The molecule has 0 spiro atoms. The Kier molecular flexibility index (Phi) is 7.92. The molecular weight excluding hydrogens is 436 g/mol. The maximum absolute atomic E-state index is 9.42. The van der Waals surface area contributed by atoms with Crippen molar-refractivity contribution in [1.29, 1.82) is 0 Å². The molecule has 0 bridgehead atoms. The first-order valence-electron chi connectivity index (χ1n) is 12.8. The van der Waals surface area contributed by atoms with E-state index in [0.717, 1.165) is 59.4 Å². The number of nitrogens with zero attached hydrogens (tertiary/aromatic N) is 1. The molecule has 3 N–H and O–H groups in total. The van der Waals surface area contributed by atoms with E-state index in [1.807, 2.05) is 12.1 Å². The molecule has 2 fully saturated rings. The fourth-order valence-corrected chi connectivity index (χ4v) is 5.17. The molecule has 5 nitrogen and oxygen atoms in total. The van der Waals surface area contributed by atoms with Crippen LogP contribution in [0.1, 0.15) is 60.3 Å². The number of benzene rings is 3. The highest BCUT2D eigenvalue weighted by atomic mass is 16.7. The number of piperidine rings is 1. The molecule has 3 atom stereocenters. The molecule has 0 radical (unpaired) electrons. The van der Waals surface area contributed by atoms with Crippen LogP contribution < -0.4 is 5.73 Å². The third-order valence-electron chi connectivity index (χ3n) is 7.20. The van der Waals surface area contributed by atoms with Crippen molar-refractivity contribution in [3.63, 3.8) is 0 Å². The second kappa shape index (κ2) is 11.5. The first-order chi connectivity index (χ1) is 17.2. The highest BCUT2D eigenvalue weighted by Gasteiger charge is 2.33. The predicted molar refractivity (Wildman–Crippen MR) is 138 cm³/mol. The first kappa shape index (κ1) is 24.2. The van der Waals surface area contributed by atoms with Crippen molar-refractivity contribution in [2.45, 2.75) is 57.3 Å². The van der Waals surface area contributed by atoms with Gasteiger partial charge in [0.05, 0.1) is 18.8 Å². The lowest BCUT2D eigenvalue weighted by atomic mass is 9.98. The van der Waals surface area contributed by atoms with Gasteiger partial charge in [0, 0.05) is 25.1 Å². The Hall–Kier alpha value is -2.54. The minimum Gasteiger partial charge on any atom is -0.392 e. The smallest absolute Gasteiger partial charge is 0.184 e. The summed E-state index contributed by atoms with van der Waals surface area (Å²) in [4.78, 5) is 2.54. The second-order valence-electron chi connectivity index (χ2n) is 9.74. The Bertz CT molecular complexity index is 1080. The lowest BCUT2D eigenvalue weighted by molar-refractivity contribution is -0.253. The first-order valence-corrected chi connectivity index (χ1v) is 12.8. The Labute approximate surface area is 208 Å². The summed E-state index contributed by atoms with van der Waals surface area (Å²) in [6, 6.07) is 25.0. The summed E-state index contributed by atoms with van der Waals surface area (Å²) in [5.74, 6) is 0. The van der Waals surface area contributed by atoms with E-state index < -0.39 is 6.29 Å². The summed E-state index contributed by atoms with van der Waals surface area (Å²) >= 11 is 0. The lowest BCUT2D eigenvalue weighted by Crippen LogP contribution is -2.41. The summed E-state index contributed by atoms with van der Waals surface area (Å²) in [5.41, 5.74) is 12.3. The van der Waals surface area contributed by atoms with E-state index in [2.05, 4.69) is 65.6 Å². The van der Waals surface area contributed by atoms with E-state index in [-0.39, 0.29) is 18.8 Å². The van der Waals surface area contributed by atoms with Crippen LogP contribution in [0.4, 0.5) is 0 Å². The van der Waals surface area contributed by atoms with Crippen LogP contribution in [0.2, 0.25) is 0 Å². The molecule has 0 amide bonds. The molecule has 2 saturated heterocycles. The number of nitrogens with two attached hydrogens (primary N) is 1. The van der Waals surface area contributed by atoms with Gasteiger partial charge in [-0.3, -0.25) is 0 Å². The zero-order valence-corrected chi connectivity index (χ0v) is 20.3. The number of hydrogen-bond acceptors (Lipinski definition) is 5. The van der Waals surface area contributed by atoms with E-state index in [9.17, 15) is 5.11 Å². The van der Waals surface area contributed by atoms with Crippen molar-refractivity contribution in [3.8, 4) is 11.1 Å². The third-order valence-corrected chi connectivity index (χ3v) is 7.20. The molecule has 0 aliphatic carbocycles. The monoisotopic (exact) mass is 472 g/mol. The second-order valence-corrected chi connectivity index (χ2v) is 9.74. The van der Waals surface area contributed by atoms with Gasteiger partial charge in [0.2, 0.25) is 0 Å². The summed E-state index contributed by atoms with van der Waals surface area (Å²) < 4.78 is 13.0. The van der Waals surface area contributed by atoms with E-state index >= 15 is 0 Å². The number of aliphatic hydroxyl groups excluding tert-OH is 1. The molecule has 184 valence electrons. The Morgan fingerprint density at radius 2 is 1.54 bits per heavy atom. The van der Waals surface area contributed by atoms with Crippen LogP contribution in [0.15, 0.2) is 72.8 Å². The number of aliphatic hydroxyl groups is 1. The van der Waals surface area contributed by atoms with Gasteiger partial charge < -0.3 is 25.2 Å². The van der Waals surface area contributed by atoms with Crippen LogP contribution >= 0.6 is 0 Å². The molecule has 0 aromatic heterocycles. The predicted octanol–water partition coefficient (Wildman–Crippen LogP) is 5.34. The van der Waals surface area contributed by atoms with Gasteiger partial charge >= 0.3 is 0 Å². The summed E-state index contributed by atoms with van der Waals surface area (Å²) in [5, 5.41) is 9.42. The molecule has 35 heavy (non-hydrogen) atoms. The lowest BCUT2D eigenvalue weighted by Gasteiger charge is -2.39. The minimum atomic E-state index is -0.412. The van der Waals surface area contributed by atoms with Crippen LogP contribution in [0.25, 0.3) is 11.1 Å². The molecule has 2 aliphatic rings. The molecular formula is C30H36N2O3. The average Bonchev–Trinajstić information content (AvgIpc) is 2.93. The van der Waals surface area contributed by atoms with E-state index in [4.69, 9.17) is 15.2 Å². The molecule has 3 unspecified atom stereocenters. The van der Waals surface area contributed by atoms with Gasteiger partial charge in [0.15, 0.2) is 6.29 Å². The van der Waals surface area contributed by atoms with Crippen LogP contribution in [-0.4, -0.2) is 35.7 Å². The number of likely N-dealkylation sites (tertiary alicyclic amines) is 1. The zero-order valence-electron chi connectivity index (χ0n) is 20.3. The Morgan fingerprint density at radius 3 is 2.26 bits per heavy atom. The van der Waals surface area contributed by atoms with Gasteiger partial charge in [0.25, 0.3) is 0 Å². The number of ether oxygens (including phenoxy) is 2. The maximum atomic E-state index is 9.42. The fraction of sp³-hybridized carbons (Fsp3) is 0.400. The van der Waals surface area contributed by atoms with E-state index in [1.54, 1.807) is 0 Å². The quantitative estimate of drug-likeness (QED) is 0.486. The van der Waals surface area contributed by atoms with Crippen molar-refractivity contribution < 1.29 is 14.6 Å². The van der Waals surface area contributed by atoms with Crippen molar-refractivity contribution in [2.24, 2.45) is 5.73 Å². The van der Waals surface area contributed by atoms with Crippen LogP contribution in [0.3, 0.4) is 0 Å². The molecule has 0 saturated carbocycles. The van der Waals surface area contributed by atoms with Gasteiger partial charge in [-0.05, 0) is 59.8 Å². The standard InChI is InChI=1S/C30H36N2O3/c31-19-23-5-4-6-27(17-23)24-11-13-26(14-12-24)30-34-28(20-32-15-2-1-3-16-32)18-29(35-30)25-9-7-22(21-33)8-10-25/h4-14,17,28-30,33H,1-3,15-16,18-21,31H2. The van der Waals surface area contributed by atoms with Gasteiger partial charge in [-0.2, -0.15) is 0 Å². The average molecular weight is 473 g/mol. The van der Waals surface area contributed by atoms with Crippen molar-refractivity contribution in [1.82, 2.24) is 4.90 Å². The highest BCUT2D eigenvalue weighted by molar-refractivity contribution is 5.64. The topological polar surface area (TPSA) is 68.0 Å². The summed E-state index contributed by atoms with van der Waals surface area (Å²) in [6.45, 7) is 3.83. The Morgan fingerprint density at radius 1 is 0.800 bits per heavy atom. The molecule has 5 heteroatoms. The van der Waals surface area contributed by atoms with Crippen LogP contribution in [0.5, 0.6) is 0 Å². The SMILES string of the molecule is NCc1cccc(-c2ccc(C3OC(CN4CCCCC4)CC(c4ccc(CO)cc4)O3)cc2)c1. The van der Waals surface area contributed by atoms with E-state index in [1.165, 1.54) is 19.3 Å². The van der Waals surface area contributed by atoms with Crippen molar-refractivity contribution in [3.05, 3.63) is 95.1 Å². The Balaban J connectivity index is 1.36. The van der Waals surface area contributed by atoms with Crippen molar-refractivity contribution >= 4 is 0 Å². The summed E-state index contributed by atoms with van der Waals surface area (Å²) in [6.07, 6.45) is 4.35. The van der Waals surface area contributed by atoms with Gasteiger partial charge in [0.1, 0.15) is 0 Å². The van der Waals surface area contributed by atoms with Crippen molar-refractivity contribution in [2.75, 3.05) is 19.6 Å². The fourth-order valence-electron chi connectivity index (χ4n) is 5.17. The van der Waals surface area contributed by atoms with Gasteiger partial charge in [-0.1, -0.05) is 73.2 Å². The van der Waals surface area contributed by atoms with Gasteiger partial charge in [-0.15, -0.1) is 0 Å². The third kappa shape index (κ3) is 6.00. The normalized spacial score (nSPS) is 23.3. The summed E-state index contributed by atoms with van der Waals surface area (Å²) in [7, 11) is 0. The van der Waals surface area contributed by atoms with Crippen LogP contribution in [0, 0.1) is 0 Å². The molecule has 3 aromatic rings. The minimum absolute atomic E-state index is 0.0443. The number of hydrogen-bond donors (Lipinski definition) is 2. The maximum Gasteiger partial charge on any atom is 0.184 e. The molecule has 5 rings (SSSR count).